The Balaban J connectivity index is 1.55. The van der Waals surface area contributed by atoms with Gasteiger partial charge >= 0.3 is 11.6 Å². The van der Waals surface area contributed by atoms with Gasteiger partial charge in [-0.1, -0.05) is 43.7 Å². The van der Waals surface area contributed by atoms with E-state index in [2.05, 4.69) is 6.92 Å². The van der Waals surface area contributed by atoms with Gasteiger partial charge < -0.3 is 13.9 Å². The third kappa shape index (κ3) is 4.20. The van der Waals surface area contributed by atoms with Gasteiger partial charge in [-0.3, -0.25) is 0 Å². The lowest BCUT2D eigenvalue weighted by molar-refractivity contribution is 0.0474. The molecule has 0 aliphatic heterocycles. The van der Waals surface area contributed by atoms with Gasteiger partial charge in [-0.25, -0.2) is 9.59 Å². The first-order valence-corrected chi connectivity index (χ1v) is 10.00. The topological polar surface area (TPSA) is 65.7 Å². The summed E-state index contributed by atoms with van der Waals surface area (Å²) in [7, 11) is 0. The molecule has 0 N–H and O–H groups in total. The van der Waals surface area contributed by atoms with Gasteiger partial charge in [0.15, 0.2) is 0 Å². The SMILES string of the molecule is CCCCOc1ccc(C(=O)OCc2cc(=O)oc3ccc4ccccc4c23)cc1. The molecule has 0 fully saturated rings. The standard InChI is InChI=1S/C25H22O5/c1-2-3-14-28-20-11-8-18(9-12-20)25(27)29-16-19-15-23(26)30-22-13-10-17-6-4-5-7-21(17)24(19)22/h4-13,15H,2-3,14,16H2,1H3. The molecule has 0 saturated carbocycles. The van der Waals surface area contributed by atoms with Crippen LogP contribution in [0.3, 0.4) is 0 Å². The van der Waals surface area contributed by atoms with Crippen molar-refractivity contribution in [1.82, 2.24) is 0 Å². The minimum Gasteiger partial charge on any atom is -0.494 e. The zero-order chi connectivity index (χ0) is 20.9. The Morgan fingerprint density at radius 2 is 1.80 bits per heavy atom. The van der Waals surface area contributed by atoms with Crippen molar-refractivity contribution >= 4 is 27.7 Å². The van der Waals surface area contributed by atoms with E-state index in [0.717, 1.165) is 34.7 Å². The summed E-state index contributed by atoms with van der Waals surface area (Å²) in [5.41, 5.74) is 1.04. The van der Waals surface area contributed by atoms with E-state index in [0.29, 0.717) is 23.3 Å². The number of hydrogen-bond acceptors (Lipinski definition) is 5. The monoisotopic (exact) mass is 402 g/mol. The van der Waals surface area contributed by atoms with E-state index in [1.165, 1.54) is 6.07 Å². The lowest BCUT2D eigenvalue weighted by Gasteiger charge is -2.10. The summed E-state index contributed by atoms with van der Waals surface area (Å²) in [5.74, 6) is 0.259. The van der Waals surface area contributed by atoms with Gasteiger partial charge in [0.2, 0.25) is 0 Å². The van der Waals surface area contributed by atoms with Crippen LogP contribution in [0, 0.1) is 0 Å². The first-order valence-electron chi connectivity index (χ1n) is 10.00. The minimum absolute atomic E-state index is 0.0241. The first-order chi connectivity index (χ1) is 14.7. The summed E-state index contributed by atoms with van der Waals surface area (Å²) in [6.45, 7) is 2.73. The third-order valence-electron chi connectivity index (χ3n) is 4.93. The highest BCUT2D eigenvalue weighted by Crippen LogP contribution is 2.28. The van der Waals surface area contributed by atoms with Gasteiger partial charge in [-0.2, -0.15) is 0 Å². The van der Waals surface area contributed by atoms with E-state index < -0.39 is 11.6 Å². The molecule has 1 aromatic heterocycles. The largest absolute Gasteiger partial charge is 0.494 e. The second-order valence-corrected chi connectivity index (χ2v) is 7.05. The number of rotatable bonds is 7. The van der Waals surface area contributed by atoms with Crippen molar-refractivity contribution in [2.75, 3.05) is 6.61 Å². The molecule has 0 saturated heterocycles. The molecule has 3 aromatic carbocycles. The van der Waals surface area contributed by atoms with Crippen LogP contribution in [0.25, 0.3) is 21.7 Å². The van der Waals surface area contributed by atoms with E-state index in [1.54, 1.807) is 30.3 Å². The number of esters is 1. The van der Waals surface area contributed by atoms with Crippen LogP contribution in [0.15, 0.2) is 75.9 Å². The highest BCUT2D eigenvalue weighted by Gasteiger charge is 2.13. The molecule has 0 atom stereocenters. The van der Waals surface area contributed by atoms with Crippen molar-refractivity contribution in [3.05, 3.63) is 88.3 Å². The molecule has 0 unspecified atom stereocenters. The number of benzene rings is 3. The van der Waals surface area contributed by atoms with Crippen LogP contribution < -0.4 is 10.4 Å². The zero-order valence-electron chi connectivity index (χ0n) is 16.7. The Hall–Kier alpha value is -3.60. The van der Waals surface area contributed by atoms with E-state index in [4.69, 9.17) is 13.9 Å². The van der Waals surface area contributed by atoms with Crippen molar-refractivity contribution in [1.29, 1.82) is 0 Å². The molecule has 4 aromatic rings. The highest BCUT2D eigenvalue weighted by atomic mass is 16.5. The molecule has 0 radical (unpaired) electrons. The Bertz CT molecular complexity index is 1240. The molecular formula is C25H22O5. The fraction of sp³-hybridized carbons (Fsp3) is 0.200. The van der Waals surface area contributed by atoms with E-state index in [-0.39, 0.29) is 6.61 Å². The van der Waals surface area contributed by atoms with Gasteiger partial charge in [0.25, 0.3) is 0 Å². The lowest BCUT2D eigenvalue weighted by atomic mass is 10.0. The average Bonchev–Trinajstić information content (AvgIpc) is 2.77. The van der Waals surface area contributed by atoms with Crippen molar-refractivity contribution in [3.8, 4) is 5.75 Å². The smallest absolute Gasteiger partial charge is 0.338 e. The zero-order valence-corrected chi connectivity index (χ0v) is 16.7. The Morgan fingerprint density at radius 1 is 1.00 bits per heavy atom. The van der Waals surface area contributed by atoms with Crippen molar-refractivity contribution in [2.24, 2.45) is 0 Å². The number of ether oxygens (including phenoxy) is 2. The Kier molecular flexibility index (Phi) is 5.80. The second-order valence-electron chi connectivity index (χ2n) is 7.05. The maximum atomic E-state index is 12.5. The van der Waals surface area contributed by atoms with E-state index in [1.807, 2.05) is 30.3 Å². The summed E-state index contributed by atoms with van der Waals surface area (Å²) in [5, 5.41) is 2.74. The lowest BCUT2D eigenvalue weighted by Crippen LogP contribution is -2.08. The number of fused-ring (bicyclic) bond motifs is 3. The summed E-state index contributed by atoms with van der Waals surface area (Å²) in [6, 6.07) is 19.7. The van der Waals surface area contributed by atoms with Crippen LogP contribution in [0.2, 0.25) is 0 Å². The second kappa shape index (κ2) is 8.82. The van der Waals surface area contributed by atoms with Crippen LogP contribution in [0.4, 0.5) is 0 Å². The minimum atomic E-state index is -0.475. The summed E-state index contributed by atoms with van der Waals surface area (Å²) < 4.78 is 16.5. The molecule has 0 bridgehead atoms. The number of hydrogen-bond donors (Lipinski definition) is 0. The summed E-state index contributed by atoms with van der Waals surface area (Å²) >= 11 is 0. The summed E-state index contributed by atoms with van der Waals surface area (Å²) in [6.07, 6.45) is 2.05. The molecule has 152 valence electrons. The molecule has 5 heteroatoms. The molecule has 0 aliphatic rings. The normalized spacial score (nSPS) is 11.0. The van der Waals surface area contributed by atoms with Gasteiger partial charge in [-0.05, 0) is 47.5 Å². The van der Waals surface area contributed by atoms with Gasteiger partial charge in [0.1, 0.15) is 17.9 Å². The predicted molar refractivity (Wildman–Crippen MR) is 116 cm³/mol. The first kappa shape index (κ1) is 19.7. The van der Waals surface area contributed by atoms with Crippen LogP contribution in [0.5, 0.6) is 5.75 Å². The molecule has 0 spiro atoms. The fourth-order valence-electron chi connectivity index (χ4n) is 3.38. The quantitative estimate of drug-likeness (QED) is 0.177. The Morgan fingerprint density at radius 3 is 2.60 bits per heavy atom. The van der Waals surface area contributed by atoms with Crippen LogP contribution in [0.1, 0.15) is 35.7 Å². The number of unbranched alkanes of at least 4 members (excludes halogenated alkanes) is 1. The van der Waals surface area contributed by atoms with Crippen molar-refractivity contribution in [2.45, 2.75) is 26.4 Å². The molecule has 1 heterocycles. The highest BCUT2D eigenvalue weighted by molar-refractivity contribution is 6.07. The Labute approximate surface area is 173 Å². The average molecular weight is 402 g/mol. The molecular weight excluding hydrogens is 380 g/mol. The third-order valence-corrected chi connectivity index (χ3v) is 4.93. The van der Waals surface area contributed by atoms with E-state index >= 15 is 0 Å². The summed E-state index contributed by atoms with van der Waals surface area (Å²) in [4.78, 5) is 24.5. The van der Waals surface area contributed by atoms with Gasteiger partial charge in [0, 0.05) is 17.0 Å². The fourth-order valence-corrected chi connectivity index (χ4v) is 3.38. The maximum absolute atomic E-state index is 12.5. The molecule has 4 rings (SSSR count). The van der Waals surface area contributed by atoms with Crippen molar-refractivity contribution in [3.63, 3.8) is 0 Å². The van der Waals surface area contributed by atoms with Crippen LogP contribution >= 0.6 is 0 Å². The van der Waals surface area contributed by atoms with E-state index in [9.17, 15) is 9.59 Å². The van der Waals surface area contributed by atoms with Gasteiger partial charge in [-0.15, -0.1) is 0 Å². The van der Waals surface area contributed by atoms with Crippen molar-refractivity contribution < 1.29 is 18.7 Å². The molecule has 0 aliphatic carbocycles. The predicted octanol–water partition coefficient (Wildman–Crippen LogP) is 5.48. The molecule has 30 heavy (non-hydrogen) atoms. The number of carbonyl (C=O) groups is 1. The maximum Gasteiger partial charge on any atom is 0.338 e. The number of carbonyl (C=O) groups excluding carboxylic acids is 1. The van der Waals surface area contributed by atoms with Gasteiger partial charge in [0.05, 0.1) is 12.2 Å². The van der Waals surface area contributed by atoms with Crippen LogP contribution in [-0.2, 0) is 11.3 Å². The molecule has 5 nitrogen and oxygen atoms in total. The van der Waals surface area contributed by atoms with Crippen LogP contribution in [-0.4, -0.2) is 12.6 Å². The molecule has 0 amide bonds.